The molecule has 2 aromatic rings. The highest BCUT2D eigenvalue weighted by molar-refractivity contribution is 5.56. The Hall–Kier alpha value is -2.17. The van der Waals surface area contributed by atoms with Crippen LogP contribution >= 0.6 is 0 Å². The predicted octanol–water partition coefficient (Wildman–Crippen LogP) is 4.46. The molecule has 2 rings (SSSR count). The van der Waals surface area contributed by atoms with Crippen molar-refractivity contribution in [1.29, 1.82) is 0 Å². The molecule has 0 aliphatic rings. The normalized spacial score (nSPS) is 10.2. The quantitative estimate of drug-likeness (QED) is 0.429. The fraction of sp³-hybridized carbons (Fsp3) is 0.438. The number of pyridine rings is 1. The Kier molecular flexibility index (Phi) is 8.52. The Labute approximate surface area is 126 Å². The lowest BCUT2D eigenvalue weighted by atomic mass is 10.2. The summed E-state index contributed by atoms with van der Waals surface area (Å²) in [6.07, 6.45) is 8.41. The first-order chi connectivity index (χ1) is 10.4. The number of hydrogen-bond donors (Lipinski definition) is 0. The number of nitrogens with zero attached hydrogens (tertiary/aromatic N) is 3. The standard InChI is InChI=1S/C14H17N3O2.C2H6/c1-2-3-4-8-16-18-11-12-5-6-13(15-10-12)14-7-9-17-19-14;1-2/h5-10H,2-4,11H2,1H3;1-2H3/b16-8+;. The van der Waals surface area contributed by atoms with Gasteiger partial charge >= 0.3 is 0 Å². The van der Waals surface area contributed by atoms with Gasteiger partial charge in [-0.2, -0.15) is 0 Å². The third kappa shape index (κ3) is 6.21. The van der Waals surface area contributed by atoms with E-state index in [1.165, 1.54) is 6.42 Å². The molecule has 0 saturated heterocycles. The van der Waals surface area contributed by atoms with Gasteiger partial charge in [0.25, 0.3) is 0 Å². The molecule has 2 aromatic heterocycles. The van der Waals surface area contributed by atoms with Crippen LogP contribution in [0.25, 0.3) is 11.5 Å². The molecular formula is C16H23N3O2. The van der Waals surface area contributed by atoms with E-state index in [0.29, 0.717) is 12.4 Å². The fourth-order valence-electron chi connectivity index (χ4n) is 1.52. The Bertz CT molecular complexity index is 493. The van der Waals surface area contributed by atoms with Gasteiger partial charge in [0, 0.05) is 24.0 Å². The third-order valence-corrected chi connectivity index (χ3v) is 2.58. The van der Waals surface area contributed by atoms with Crippen LogP contribution < -0.4 is 0 Å². The second-order valence-corrected chi connectivity index (χ2v) is 4.13. The largest absolute Gasteiger partial charge is 0.391 e. The maximum Gasteiger partial charge on any atom is 0.185 e. The van der Waals surface area contributed by atoms with Crippen molar-refractivity contribution in [2.24, 2.45) is 5.16 Å². The summed E-state index contributed by atoms with van der Waals surface area (Å²) in [6, 6.07) is 5.59. The number of unbranched alkanes of at least 4 members (excludes halogenated alkanes) is 2. The van der Waals surface area contributed by atoms with Crippen LogP contribution in [0.4, 0.5) is 0 Å². The van der Waals surface area contributed by atoms with E-state index in [2.05, 4.69) is 22.2 Å². The minimum absolute atomic E-state index is 0.423. The minimum atomic E-state index is 0.423. The lowest BCUT2D eigenvalue weighted by Crippen LogP contribution is -1.90. The number of aromatic nitrogens is 2. The van der Waals surface area contributed by atoms with E-state index in [-0.39, 0.29) is 0 Å². The zero-order valence-corrected chi connectivity index (χ0v) is 13.0. The highest BCUT2D eigenvalue weighted by atomic mass is 16.6. The van der Waals surface area contributed by atoms with E-state index < -0.39 is 0 Å². The molecule has 0 N–H and O–H groups in total. The van der Waals surface area contributed by atoms with Gasteiger partial charge in [0.1, 0.15) is 12.3 Å². The Morgan fingerprint density at radius 1 is 1.29 bits per heavy atom. The fourth-order valence-corrected chi connectivity index (χ4v) is 1.52. The molecule has 5 nitrogen and oxygen atoms in total. The average molecular weight is 289 g/mol. The summed E-state index contributed by atoms with van der Waals surface area (Å²) in [5, 5.41) is 7.54. The highest BCUT2D eigenvalue weighted by Gasteiger charge is 2.03. The maximum atomic E-state index is 5.19. The van der Waals surface area contributed by atoms with E-state index in [0.717, 1.165) is 24.1 Å². The monoisotopic (exact) mass is 289 g/mol. The minimum Gasteiger partial charge on any atom is -0.391 e. The lowest BCUT2D eigenvalue weighted by molar-refractivity contribution is 0.131. The summed E-state index contributed by atoms with van der Waals surface area (Å²) in [5.41, 5.74) is 1.73. The maximum absolute atomic E-state index is 5.19. The molecular weight excluding hydrogens is 266 g/mol. The Balaban J connectivity index is 0.00000106. The lowest BCUT2D eigenvalue weighted by Gasteiger charge is -2.00. The van der Waals surface area contributed by atoms with E-state index in [1.54, 1.807) is 24.7 Å². The summed E-state index contributed by atoms with van der Waals surface area (Å²) in [4.78, 5) is 9.47. The first-order valence-electron chi connectivity index (χ1n) is 7.40. The summed E-state index contributed by atoms with van der Waals surface area (Å²) in [6.45, 7) is 6.57. The zero-order valence-electron chi connectivity index (χ0n) is 13.0. The van der Waals surface area contributed by atoms with Gasteiger partial charge in [0.05, 0.1) is 6.20 Å². The van der Waals surface area contributed by atoms with Crippen molar-refractivity contribution in [3.8, 4) is 11.5 Å². The van der Waals surface area contributed by atoms with Gasteiger partial charge in [-0.1, -0.05) is 43.6 Å². The van der Waals surface area contributed by atoms with Crippen molar-refractivity contribution in [2.45, 2.75) is 46.6 Å². The number of oxime groups is 1. The van der Waals surface area contributed by atoms with Crippen molar-refractivity contribution >= 4 is 6.21 Å². The van der Waals surface area contributed by atoms with E-state index in [4.69, 9.17) is 9.36 Å². The van der Waals surface area contributed by atoms with Gasteiger partial charge in [-0.15, -0.1) is 0 Å². The molecule has 0 bridgehead atoms. The molecule has 2 heterocycles. The van der Waals surface area contributed by atoms with Crippen LogP contribution in [0, 0.1) is 0 Å². The van der Waals surface area contributed by atoms with Gasteiger partial charge in [-0.05, 0) is 18.9 Å². The van der Waals surface area contributed by atoms with Crippen molar-refractivity contribution < 1.29 is 9.36 Å². The summed E-state index contributed by atoms with van der Waals surface area (Å²) in [5.74, 6) is 0.657. The van der Waals surface area contributed by atoms with Gasteiger partial charge in [-0.25, -0.2) is 0 Å². The number of hydrogen-bond acceptors (Lipinski definition) is 5. The molecule has 0 fully saturated rings. The second-order valence-electron chi connectivity index (χ2n) is 4.13. The van der Waals surface area contributed by atoms with E-state index >= 15 is 0 Å². The molecule has 114 valence electrons. The molecule has 0 radical (unpaired) electrons. The molecule has 0 atom stereocenters. The molecule has 0 saturated carbocycles. The smallest absolute Gasteiger partial charge is 0.185 e. The molecule has 0 aliphatic carbocycles. The molecule has 0 unspecified atom stereocenters. The van der Waals surface area contributed by atoms with Crippen LogP contribution in [0.2, 0.25) is 0 Å². The van der Waals surface area contributed by atoms with Crippen LogP contribution in [0.5, 0.6) is 0 Å². The van der Waals surface area contributed by atoms with Crippen molar-refractivity contribution in [3.05, 3.63) is 36.2 Å². The van der Waals surface area contributed by atoms with E-state index in [1.807, 2.05) is 26.0 Å². The van der Waals surface area contributed by atoms with Crippen LogP contribution in [-0.2, 0) is 11.4 Å². The van der Waals surface area contributed by atoms with Gasteiger partial charge in [0.15, 0.2) is 5.76 Å². The van der Waals surface area contributed by atoms with E-state index in [9.17, 15) is 0 Å². The first-order valence-corrected chi connectivity index (χ1v) is 7.40. The van der Waals surface area contributed by atoms with Crippen LogP contribution in [0.3, 0.4) is 0 Å². The topological polar surface area (TPSA) is 60.5 Å². The zero-order chi connectivity index (χ0) is 15.3. The van der Waals surface area contributed by atoms with Crippen molar-refractivity contribution in [3.63, 3.8) is 0 Å². The molecule has 0 amide bonds. The Morgan fingerprint density at radius 2 is 2.14 bits per heavy atom. The number of rotatable bonds is 7. The highest BCUT2D eigenvalue weighted by Crippen LogP contribution is 2.15. The Morgan fingerprint density at radius 3 is 2.76 bits per heavy atom. The average Bonchev–Trinajstić information content (AvgIpc) is 3.08. The summed E-state index contributed by atoms with van der Waals surface area (Å²) >= 11 is 0. The second kappa shape index (κ2) is 10.6. The van der Waals surface area contributed by atoms with Crippen LogP contribution in [0.1, 0.15) is 45.6 Å². The van der Waals surface area contributed by atoms with Gasteiger partial charge < -0.3 is 9.36 Å². The van der Waals surface area contributed by atoms with Crippen molar-refractivity contribution in [2.75, 3.05) is 0 Å². The summed E-state index contributed by atoms with van der Waals surface area (Å²) in [7, 11) is 0. The first kappa shape index (κ1) is 16.9. The van der Waals surface area contributed by atoms with Crippen LogP contribution in [-0.4, -0.2) is 16.4 Å². The molecule has 0 spiro atoms. The van der Waals surface area contributed by atoms with Gasteiger partial charge in [0.2, 0.25) is 0 Å². The molecule has 0 aromatic carbocycles. The van der Waals surface area contributed by atoms with Gasteiger partial charge in [-0.3, -0.25) is 4.98 Å². The molecule has 0 aliphatic heterocycles. The molecule has 5 heteroatoms. The third-order valence-electron chi connectivity index (χ3n) is 2.58. The molecule has 21 heavy (non-hydrogen) atoms. The van der Waals surface area contributed by atoms with Crippen molar-refractivity contribution in [1.82, 2.24) is 10.1 Å². The predicted molar refractivity (Wildman–Crippen MR) is 83.9 cm³/mol. The SMILES string of the molecule is CC.CCCC/C=N/OCc1ccc(-c2ccno2)nc1. The summed E-state index contributed by atoms with van der Waals surface area (Å²) < 4.78 is 5.03. The van der Waals surface area contributed by atoms with Crippen LogP contribution in [0.15, 0.2) is 40.3 Å².